The van der Waals surface area contributed by atoms with E-state index >= 15 is 0 Å². The number of hydrogen-bond acceptors (Lipinski definition) is 2. The average molecular weight is 158 g/mol. The van der Waals surface area contributed by atoms with Gasteiger partial charge in [0, 0.05) is 0 Å². The summed E-state index contributed by atoms with van der Waals surface area (Å²) in [6.07, 6.45) is 1.10. The van der Waals surface area contributed by atoms with Crippen LogP contribution in [0.5, 0.6) is 0 Å². The third-order valence-corrected chi connectivity index (χ3v) is 0. The SMILES string of the molecule is CS(=O)(=O)[Se]. The molecule has 0 bridgehead atoms. The first kappa shape index (κ1) is 5.47. The predicted octanol–water partition coefficient (Wildman–Crippen LogP) is -0.885. The van der Waals surface area contributed by atoms with Gasteiger partial charge in [-0.1, -0.05) is 0 Å². The van der Waals surface area contributed by atoms with Crippen molar-refractivity contribution in [3.63, 3.8) is 0 Å². The van der Waals surface area contributed by atoms with Crippen molar-refractivity contribution in [2.75, 3.05) is 6.26 Å². The van der Waals surface area contributed by atoms with Gasteiger partial charge in [0.1, 0.15) is 0 Å². The van der Waals surface area contributed by atoms with Gasteiger partial charge in [-0.25, -0.2) is 0 Å². The molecule has 0 aliphatic heterocycles. The molecule has 1 radical (unpaired) electrons. The maximum absolute atomic E-state index is 9.58. The molecule has 0 saturated heterocycles. The van der Waals surface area contributed by atoms with Gasteiger partial charge in [-0.3, -0.25) is 0 Å². The van der Waals surface area contributed by atoms with E-state index in [1.54, 1.807) is 0 Å². The Balaban J connectivity index is 4.06. The molecule has 0 aliphatic carbocycles. The van der Waals surface area contributed by atoms with Gasteiger partial charge in [-0.05, 0) is 0 Å². The number of rotatable bonds is 0. The van der Waals surface area contributed by atoms with E-state index in [1.807, 2.05) is 14.9 Å². The normalized spacial score (nSPS) is 11.6. The van der Waals surface area contributed by atoms with E-state index in [4.69, 9.17) is 0 Å². The molecule has 0 N–H and O–H groups in total. The van der Waals surface area contributed by atoms with Crippen LogP contribution < -0.4 is 0 Å². The van der Waals surface area contributed by atoms with E-state index in [-0.39, 0.29) is 0 Å². The van der Waals surface area contributed by atoms with Crippen molar-refractivity contribution in [1.82, 2.24) is 0 Å². The average Bonchev–Trinajstić information content (AvgIpc) is 0.722. The van der Waals surface area contributed by atoms with Crippen LogP contribution in [0, 0.1) is 0 Å². The molecule has 0 aromatic carbocycles. The van der Waals surface area contributed by atoms with Crippen LogP contribution in [-0.2, 0) is 8.26 Å². The molecule has 0 saturated carbocycles. The predicted molar refractivity (Wildman–Crippen MR) is 20.6 cm³/mol. The fourth-order valence-corrected chi connectivity index (χ4v) is 0. The summed E-state index contributed by atoms with van der Waals surface area (Å²) in [5, 5.41) is 0. The van der Waals surface area contributed by atoms with Gasteiger partial charge >= 0.3 is 37.8 Å². The summed E-state index contributed by atoms with van der Waals surface area (Å²) in [4.78, 5) is 0. The molecule has 31 valence electrons. The molecule has 0 amide bonds. The molecule has 0 aromatic heterocycles. The summed E-state index contributed by atoms with van der Waals surface area (Å²) < 4.78 is 19.2. The van der Waals surface area contributed by atoms with Crippen molar-refractivity contribution < 1.29 is 8.42 Å². The van der Waals surface area contributed by atoms with E-state index in [1.165, 1.54) is 0 Å². The Kier molecular flexibility index (Phi) is 1.41. The van der Waals surface area contributed by atoms with Crippen molar-refractivity contribution in [3.8, 4) is 0 Å². The molecule has 5 heavy (non-hydrogen) atoms. The van der Waals surface area contributed by atoms with E-state index in [9.17, 15) is 8.42 Å². The Bertz CT molecular complexity index is 92.8. The Labute approximate surface area is 38.4 Å². The zero-order valence-corrected chi connectivity index (χ0v) is 5.16. The van der Waals surface area contributed by atoms with E-state index in [2.05, 4.69) is 0 Å². The minimum atomic E-state index is -2.79. The van der Waals surface area contributed by atoms with Crippen LogP contribution in [0.3, 0.4) is 0 Å². The number of hydrogen-bond donors (Lipinski definition) is 0. The van der Waals surface area contributed by atoms with Crippen LogP contribution in [0.25, 0.3) is 0 Å². The van der Waals surface area contributed by atoms with Crippen LogP contribution in [-0.4, -0.2) is 29.6 Å². The van der Waals surface area contributed by atoms with Gasteiger partial charge in [-0.15, -0.1) is 0 Å². The van der Waals surface area contributed by atoms with Gasteiger partial charge in [-0.2, -0.15) is 0 Å². The molecule has 0 spiro atoms. The summed E-state index contributed by atoms with van der Waals surface area (Å²) >= 11 is 1.95. The van der Waals surface area contributed by atoms with Crippen LogP contribution >= 0.6 is 0 Å². The second kappa shape index (κ2) is 1.29. The van der Waals surface area contributed by atoms with Crippen molar-refractivity contribution in [2.45, 2.75) is 0 Å². The molecule has 0 aliphatic rings. The van der Waals surface area contributed by atoms with Gasteiger partial charge < -0.3 is 0 Å². The molecule has 2 nitrogen and oxygen atoms in total. The molecule has 0 rings (SSSR count). The van der Waals surface area contributed by atoms with Crippen LogP contribution in [0.15, 0.2) is 0 Å². The second-order valence-electron chi connectivity index (χ2n) is 0.704. The molecule has 0 atom stereocenters. The van der Waals surface area contributed by atoms with E-state index in [0.29, 0.717) is 0 Å². The fourth-order valence-electron chi connectivity index (χ4n) is 0. The quantitative estimate of drug-likeness (QED) is 0.429. The van der Waals surface area contributed by atoms with Crippen LogP contribution in [0.2, 0.25) is 0 Å². The summed E-state index contributed by atoms with van der Waals surface area (Å²) in [6.45, 7) is 0. The van der Waals surface area contributed by atoms with Crippen LogP contribution in [0.4, 0.5) is 0 Å². The van der Waals surface area contributed by atoms with Gasteiger partial charge in [0.25, 0.3) is 0 Å². The van der Waals surface area contributed by atoms with Crippen LogP contribution in [0.1, 0.15) is 0 Å². The first-order valence-electron chi connectivity index (χ1n) is 0.908. The fraction of sp³-hybridized carbons (Fsp3) is 1.00. The Morgan fingerprint density at radius 3 is 1.60 bits per heavy atom. The second-order valence-corrected chi connectivity index (χ2v) is 5.92. The standard InChI is InChI=1S/CH3O2SSe/c1-4(2,3)5/h1H3. The summed E-state index contributed by atoms with van der Waals surface area (Å²) in [6, 6.07) is 0. The molecule has 0 fully saturated rings. The summed E-state index contributed by atoms with van der Waals surface area (Å²) in [5.41, 5.74) is 0. The van der Waals surface area contributed by atoms with Gasteiger partial charge in [0.2, 0.25) is 0 Å². The Morgan fingerprint density at radius 2 is 1.60 bits per heavy atom. The molecule has 0 heterocycles. The zero-order chi connectivity index (χ0) is 4.50. The van der Waals surface area contributed by atoms with Gasteiger partial charge in [0.15, 0.2) is 0 Å². The van der Waals surface area contributed by atoms with Crippen molar-refractivity contribution in [1.29, 1.82) is 0 Å². The third-order valence-electron chi connectivity index (χ3n) is 0. The summed E-state index contributed by atoms with van der Waals surface area (Å²) in [5.74, 6) is 0. The Hall–Kier alpha value is 0.469. The molecular formula is CH3O2SSe. The third kappa shape index (κ3) is 124. The minimum absolute atomic E-state index is 1.10. The molecule has 0 unspecified atom stereocenters. The topological polar surface area (TPSA) is 34.1 Å². The molecule has 0 aromatic rings. The molecule has 4 heteroatoms. The Morgan fingerprint density at radius 1 is 1.60 bits per heavy atom. The first-order valence-corrected chi connectivity index (χ1v) is 4.82. The first-order chi connectivity index (χ1) is 2.00. The maximum atomic E-state index is 9.58. The van der Waals surface area contributed by atoms with Crippen molar-refractivity contribution in [2.24, 2.45) is 0 Å². The van der Waals surface area contributed by atoms with E-state index < -0.39 is 8.26 Å². The summed E-state index contributed by atoms with van der Waals surface area (Å²) in [7, 11) is -2.79. The van der Waals surface area contributed by atoms with Crippen molar-refractivity contribution in [3.05, 3.63) is 0 Å². The van der Waals surface area contributed by atoms with E-state index in [0.717, 1.165) is 6.26 Å². The monoisotopic (exact) mass is 159 g/mol. The zero-order valence-electron chi connectivity index (χ0n) is 2.63. The van der Waals surface area contributed by atoms with Gasteiger partial charge in [0.05, 0.1) is 0 Å². The van der Waals surface area contributed by atoms with Crippen molar-refractivity contribution >= 4 is 23.1 Å². The molecular weight excluding hydrogens is 155 g/mol.